The summed E-state index contributed by atoms with van der Waals surface area (Å²) < 4.78 is 0. The summed E-state index contributed by atoms with van der Waals surface area (Å²) in [5, 5.41) is 20.0. The van der Waals surface area contributed by atoms with E-state index in [1.165, 1.54) is 0 Å². The number of carboxylic acid groups (broad SMARTS) is 2. The summed E-state index contributed by atoms with van der Waals surface area (Å²) in [5.41, 5.74) is 0.376. The van der Waals surface area contributed by atoms with Gasteiger partial charge in [-0.05, 0) is 11.6 Å². The number of amides is 2. The fourth-order valence-electron chi connectivity index (χ4n) is 2.98. The average molecular weight is 342 g/mol. The molecule has 1 atom stereocenters. The van der Waals surface area contributed by atoms with Gasteiger partial charge in [0, 0.05) is 17.7 Å². The second kappa shape index (κ2) is 6.31. The number of nitrogens with zero attached hydrogens (tertiary/aromatic N) is 2. The minimum atomic E-state index is -1.40. The smallest absolute Gasteiger partial charge is 0.332 e. The molecule has 8 heteroatoms. The maximum atomic E-state index is 12.2. The number of hydrogen-bond acceptors (Lipinski definition) is 5. The monoisotopic (exact) mass is 342 g/mol. The fourth-order valence-corrected chi connectivity index (χ4v) is 2.98. The molecule has 25 heavy (non-hydrogen) atoms. The van der Waals surface area contributed by atoms with Crippen LogP contribution in [0.15, 0.2) is 40.9 Å². The summed E-state index contributed by atoms with van der Waals surface area (Å²) in [7, 11) is 0. The Morgan fingerprint density at radius 2 is 1.92 bits per heavy atom. The molecule has 1 aromatic carbocycles. The Bertz CT molecular complexity index is 946. The number of carbonyl (C=O) groups excluding carboxylic acids is 2. The van der Waals surface area contributed by atoms with Gasteiger partial charge in [0.25, 0.3) is 5.91 Å². The molecule has 0 saturated carbocycles. The number of carboxylic acids is 2. The maximum Gasteiger partial charge on any atom is 0.332 e. The number of carbonyl (C=O) groups is 4. The number of benzene rings is 1. The molecule has 0 bridgehead atoms. The van der Waals surface area contributed by atoms with Crippen LogP contribution in [-0.4, -0.2) is 51.5 Å². The maximum absolute atomic E-state index is 12.2. The molecular weight excluding hydrogens is 328 g/mol. The molecule has 2 aliphatic heterocycles. The van der Waals surface area contributed by atoms with E-state index in [1.54, 1.807) is 12.1 Å². The van der Waals surface area contributed by atoms with Crippen LogP contribution in [0, 0.1) is 0 Å². The van der Waals surface area contributed by atoms with E-state index in [1.807, 2.05) is 12.1 Å². The molecule has 1 unspecified atom stereocenters. The van der Waals surface area contributed by atoms with Crippen molar-refractivity contribution in [2.24, 2.45) is 4.99 Å². The molecule has 8 nitrogen and oxygen atoms in total. The van der Waals surface area contributed by atoms with Crippen molar-refractivity contribution in [3.63, 3.8) is 0 Å². The van der Waals surface area contributed by atoms with Crippen LogP contribution in [0.25, 0.3) is 5.57 Å². The molecule has 0 fully saturated rings. The van der Waals surface area contributed by atoms with Crippen molar-refractivity contribution in [1.29, 1.82) is 0 Å². The molecule has 1 aromatic rings. The Balaban J connectivity index is 1.95. The van der Waals surface area contributed by atoms with Gasteiger partial charge >= 0.3 is 11.9 Å². The number of fused-ring (bicyclic) bond motifs is 1. The zero-order chi connectivity index (χ0) is 18.1. The lowest BCUT2D eigenvalue weighted by Crippen LogP contribution is -2.50. The van der Waals surface area contributed by atoms with Gasteiger partial charge in [-0.3, -0.25) is 19.5 Å². The van der Waals surface area contributed by atoms with Crippen LogP contribution in [0.2, 0.25) is 0 Å². The molecule has 128 valence electrons. The number of para-hydroxylation sites is 1. The number of hydrogen-bond donors (Lipinski definition) is 2. The Hall–Kier alpha value is -3.29. The van der Waals surface area contributed by atoms with Gasteiger partial charge in [0.2, 0.25) is 5.91 Å². The van der Waals surface area contributed by atoms with Crippen molar-refractivity contribution in [2.45, 2.75) is 18.9 Å². The van der Waals surface area contributed by atoms with Crippen LogP contribution >= 0.6 is 0 Å². The first kappa shape index (κ1) is 16.6. The third kappa shape index (κ3) is 3.06. The van der Waals surface area contributed by atoms with Crippen LogP contribution < -0.4 is 10.6 Å². The standard InChI is InChI=1S/C17H14N2O6/c20-14-6-9(16(22)23)7-15(21)19(14)13(17(24)25)5-10-8-18-12-4-2-1-3-11(10)12/h1-4,6,13H,5,7-8H2,(H,22,23)(H,24,25). The highest BCUT2D eigenvalue weighted by Gasteiger charge is 2.38. The van der Waals surface area contributed by atoms with Crippen molar-refractivity contribution in [3.05, 3.63) is 46.5 Å². The van der Waals surface area contributed by atoms with E-state index in [0.717, 1.165) is 22.2 Å². The molecule has 2 heterocycles. The highest BCUT2D eigenvalue weighted by atomic mass is 16.4. The molecule has 0 aromatic heterocycles. The summed E-state index contributed by atoms with van der Waals surface area (Å²) in [5.74, 6) is -4.46. The molecule has 0 spiro atoms. The van der Waals surface area contributed by atoms with Gasteiger partial charge in [0.05, 0.1) is 23.9 Å². The van der Waals surface area contributed by atoms with E-state index in [4.69, 9.17) is 5.11 Å². The topological polar surface area (TPSA) is 124 Å². The first-order valence-corrected chi connectivity index (χ1v) is 7.52. The predicted octanol–water partition coefficient (Wildman–Crippen LogP) is -0.916. The van der Waals surface area contributed by atoms with E-state index in [9.17, 15) is 24.3 Å². The van der Waals surface area contributed by atoms with Crippen LogP contribution in [0.1, 0.15) is 12.8 Å². The average Bonchev–Trinajstić information content (AvgIpc) is 2.96. The summed E-state index contributed by atoms with van der Waals surface area (Å²) in [4.78, 5) is 51.9. The van der Waals surface area contributed by atoms with E-state index in [0.29, 0.717) is 11.4 Å². The zero-order valence-corrected chi connectivity index (χ0v) is 13.0. The number of aliphatic carboxylic acids is 2. The Kier molecular flexibility index (Phi) is 4.18. The third-order valence-electron chi connectivity index (χ3n) is 4.18. The van der Waals surface area contributed by atoms with Crippen LogP contribution in [0.3, 0.4) is 0 Å². The van der Waals surface area contributed by atoms with Gasteiger partial charge in [-0.2, -0.15) is 0 Å². The molecule has 0 radical (unpaired) electrons. The highest BCUT2D eigenvalue weighted by Crippen LogP contribution is 2.21. The van der Waals surface area contributed by atoms with E-state index >= 15 is 0 Å². The summed E-state index contributed by atoms with van der Waals surface area (Å²) in [6, 6.07) is 5.83. The van der Waals surface area contributed by atoms with Crippen LogP contribution in [-0.2, 0) is 19.2 Å². The second-order valence-corrected chi connectivity index (χ2v) is 5.75. The van der Waals surface area contributed by atoms with Gasteiger partial charge in [-0.25, -0.2) is 9.59 Å². The quantitative estimate of drug-likeness (QED) is 0.667. The van der Waals surface area contributed by atoms with Gasteiger partial charge in [-0.1, -0.05) is 18.2 Å². The van der Waals surface area contributed by atoms with E-state index in [-0.39, 0.29) is 12.0 Å². The molecular formula is C17H14N2O6. The first-order valence-electron chi connectivity index (χ1n) is 7.52. The molecule has 0 saturated heterocycles. The van der Waals surface area contributed by atoms with Crippen LogP contribution in [0.5, 0.6) is 0 Å². The van der Waals surface area contributed by atoms with Gasteiger partial charge in [0.1, 0.15) is 6.04 Å². The molecule has 3 rings (SSSR count). The lowest BCUT2D eigenvalue weighted by molar-refractivity contribution is -0.157. The van der Waals surface area contributed by atoms with Crippen molar-refractivity contribution < 1.29 is 29.4 Å². The number of imide groups is 1. The summed E-state index contributed by atoms with van der Waals surface area (Å²) in [6.45, 7) is 0.301. The van der Waals surface area contributed by atoms with Crippen molar-refractivity contribution in [1.82, 2.24) is 4.90 Å². The van der Waals surface area contributed by atoms with Crippen molar-refractivity contribution in [2.75, 3.05) is 6.54 Å². The lowest BCUT2D eigenvalue weighted by atomic mass is 9.99. The predicted molar refractivity (Wildman–Crippen MR) is 83.7 cm³/mol. The van der Waals surface area contributed by atoms with Crippen LogP contribution in [0.4, 0.5) is 0 Å². The molecule has 2 N–H and O–H groups in total. The summed E-state index contributed by atoms with van der Waals surface area (Å²) in [6.07, 6.45) is 0.238. The number of rotatable bonds is 5. The Morgan fingerprint density at radius 3 is 2.56 bits per heavy atom. The second-order valence-electron chi connectivity index (χ2n) is 5.75. The molecule has 0 aliphatic carbocycles. The Morgan fingerprint density at radius 1 is 1.20 bits per heavy atom. The highest BCUT2D eigenvalue weighted by molar-refractivity contribution is 6.12. The largest absolute Gasteiger partial charge is 0.480 e. The Labute approximate surface area is 141 Å². The van der Waals surface area contributed by atoms with Gasteiger partial charge < -0.3 is 10.2 Å². The third-order valence-corrected chi connectivity index (χ3v) is 4.18. The van der Waals surface area contributed by atoms with E-state index in [2.05, 4.69) is 4.99 Å². The van der Waals surface area contributed by atoms with Gasteiger partial charge in [-0.15, -0.1) is 0 Å². The minimum Gasteiger partial charge on any atom is -0.480 e. The zero-order valence-electron chi connectivity index (χ0n) is 13.0. The van der Waals surface area contributed by atoms with Crippen molar-refractivity contribution in [3.8, 4) is 0 Å². The SMILES string of the molecule is O=C(O)C1=CC(=O)N(C(CC2=c3ccccc3=NC2)C(=O)O)C(=O)C1. The lowest BCUT2D eigenvalue weighted by Gasteiger charge is -2.29. The fraction of sp³-hybridized carbons (Fsp3) is 0.235. The first-order chi connectivity index (χ1) is 11.9. The van der Waals surface area contributed by atoms with Crippen molar-refractivity contribution >= 4 is 29.3 Å². The summed E-state index contributed by atoms with van der Waals surface area (Å²) >= 11 is 0. The molecule has 2 aliphatic rings. The molecule has 2 amide bonds. The van der Waals surface area contributed by atoms with E-state index < -0.39 is 36.2 Å². The van der Waals surface area contributed by atoms with Gasteiger partial charge in [0.15, 0.2) is 0 Å². The minimum absolute atomic E-state index is 0.0520. The normalized spacial score (nSPS) is 17.7.